The molecule has 0 radical (unpaired) electrons. The Morgan fingerprint density at radius 1 is 0.917 bits per heavy atom. The number of anilines is 1. The van der Waals surface area contributed by atoms with Crippen LogP contribution in [0.1, 0.15) is 35.6 Å². The fourth-order valence-electron chi connectivity index (χ4n) is 4.31. The van der Waals surface area contributed by atoms with E-state index in [4.69, 9.17) is 10.5 Å². The fourth-order valence-corrected chi connectivity index (χ4v) is 5.82. The van der Waals surface area contributed by atoms with E-state index >= 15 is 0 Å². The van der Waals surface area contributed by atoms with Crippen molar-refractivity contribution >= 4 is 72.0 Å². The minimum atomic E-state index is -0.669. The molecule has 2 amide bonds. The predicted molar refractivity (Wildman–Crippen MR) is 151 cm³/mol. The molecule has 2 atom stereocenters. The molecule has 9 heteroatoms. The Hall–Kier alpha value is -2.75. The van der Waals surface area contributed by atoms with Gasteiger partial charge in [0, 0.05) is 21.8 Å². The fraction of sp³-hybridized carbons (Fsp3) is 0.185. The van der Waals surface area contributed by atoms with Crippen LogP contribution in [0.2, 0.25) is 0 Å². The summed E-state index contributed by atoms with van der Waals surface area (Å²) in [5.74, 6) is -0.568. The summed E-state index contributed by atoms with van der Waals surface area (Å²) in [5, 5.41) is 14.9. The molecule has 182 valence electrons. The van der Waals surface area contributed by atoms with Crippen LogP contribution in [0.5, 0.6) is 0 Å². The Morgan fingerprint density at radius 2 is 1.53 bits per heavy atom. The highest BCUT2D eigenvalue weighted by molar-refractivity contribution is 9.10. The van der Waals surface area contributed by atoms with E-state index in [1.54, 1.807) is 29.3 Å². The number of carbonyl (C=O) groups is 2. The summed E-state index contributed by atoms with van der Waals surface area (Å²) < 4.78 is 1.84. The standard InChI is InChI=1S/C27H22Br2N4O2S/c1-16-2-4-17(5-3-16)22-14-23(18-6-8-19(28)9-7-18)33(31-22)27(30)36-24-15-25(34)32(26(24)35)21-12-10-20(29)11-13-21/h2-13,23-24,30H,14-15H2,1H3/t23-,24-/m0/s1. The Kier molecular flexibility index (Phi) is 7.14. The average molecular weight is 626 g/mol. The number of hydrogen-bond donors (Lipinski definition) is 1. The van der Waals surface area contributed by atoms with Crippen molar-refractivity contribution in [1.29, 1.82) is 5.41 Å². The molecule has 36 heavy (non-hydrogen) atoms. The van der Waals surface area contributed by atoms with Crippen LogP contribution < -0.4 is 4.90 Å². The molecule has 2 heterocycles. The minimum absolute atomic E-state index is 0.0489. The molecule has 0 unspecified atom stereocenters. The molecule has 1 saturated heterocycles. The lowest BCUT2D eigenvalue weighted by Gasteiger charge is -2.24. The average Bonchev–Trinajstić information content (AvgIpc) is 3.42. The first kappa shape index (κ1) is 24.9. The highest BCUT2D eigenvalue weighted by Crippen LogP contribution is 2.38. The van der Waals surface area contributed by atoms with Gasteiger partial charge in [-0.1, -0.05) is 85.6 Å². The van der Waals surface area contributed by atoms with E-state index in [-0.39, 0.29) is 29.4 Å². The van der Waals surface area contributed by atoms with Gasteiger partial charge in [-0.25, -0.2) is 9.91 Å². The highest BCUT2D eigenvalue weighted by atomic mass is 79.9. The lowest BCUT2D eigenvalue weighted by Crippen LogP contribution is -2.32. The molecule has 0 bridgehead atoms. The Bertz CT molecular complexity index is 1360. The number of rotatable bonds is 4. The maximum Gasteiger partial charge on any atom is 0.247 e. The highest BCUT2D eigenvalue weighted by Gasteiger charge is 2.42. The zero-order chi connectivity index (χ0) is 25.4. The zero-order valence-corrected chi connectivity index (χ0v) is 23.3. The number of aryl methyl sites for hydroxylation is 1. The maximum absolute atomic E-state index is 13.2. The first-order valence-electron chi connectivity index (χ1n) is 11.4. The molecular formula is C27H22Br2N4O2S. The van der Waals surface area contributed by atoms with Crippen LogP contribution in [0.3, 0.4) is 0 Å². The summed E-state index contributed by atoms with van der Waals surface area (Å²) >= 11 is 7.96. The summed E-state index contributed by atoms with van der Waals surface area (Å²) in [4.78, 5) is 27.1. The minimum Gasteiger partial charge on any atom is -0.277 e. The van der Waals surface area contributed by atoms with Crippen LogP contribution in [0.4, 0.5) is 5.69 Å². The monoisotopic (exact) mass is 624 g/mol. The van der Waals surface area contributed by atoms with Crippen LogP contribution in [0, 0.1) is 12.3 Å². The first-order chi connectivity index (χ1) is 17.3. The summed E-state index contributed by atoms with van der Waals surface area (Å²) in [6, 6.07) is 23.1. The van der Waals surface area contributed by atoms with Crippen molar-refractivity contribution in [3.8, 4) is 0 Å². The molecule has 6 nitrogen and oxygen atoms in total. The number of hydrogen-bond acceptors (Lipinski definition) is 5. The van der Waals surface area contributed by atoms with Crippen molar-refractivity contribution in [3.05, 3.63) is 98.4 Å². The first-order valence-corrected chi connectivity index (χ1v) is 13.8. The smallest absolute Gasteiger partial charge is 0.247 e. The lowest BCUT2D eigenvalue weighted by atomic mass is 9.98. The summed E-state index contributed by atoms with van der Waals surface area (Å²) in [6.07, 6.45) is 0.684. The maximum atomic E-state index is 13.2. The number of nitrogens with one attached hydrogen (secondary N) is 1. The second-order valence-electron chi connectivity index (χ2n) is 8.69. The van der Waals surface area contributed by atoms with Crippen molar-refractivity contribution in [1.82, 2.24) is 5.01 Å². The Labute approximate surface area is 230 Å². The van der Waals surface area contributed by atoms with Crippen LogP contribution in [-0.4, -0.2) is 33.0 Å². The second kappa shape index (κ2) is 10.3. The van der Waals surface area contributed by atoms with Crippen LogP contribution in [-0.2, 0) is 9.59 Å². The van der Waals surface area contributed by atoms with Gasteiger partial charge in [-0.15, -0.1) is 0 Å². The predicted octanol–water partition coefficient (Wildman–Crippen LogP) is 6.67. The second-order valence-corrected chi connectivity index (χ2v) is 11.7. The number of halogens is 2. The van der Waals surface area contributed by atoms with Gasteiger partial charge in [0.25, 0.3) is 0 Å². The van der Waals surface area contributed by atoms with Crippen molar-refractivity contribution in [2.75, 3.05) is 4.90 Å². The van der Waals surface area contributed by atoms with E-state index in [1.807, 2.05) is 43.3 Å². The van der Waals surface area contributed by atoms with E-state index in [1.165, 1.54) is 10.5 Å². The molecular weight excluding hydrogens is 604 g/mol. The van der Waals surface area contributed by atoms with E-state index in [2.05, 4.69) is 44.0 Å². The van der Waals surface area contributed by atoms with Crippen molar-refractivity contribution in [3.63, 3.8) is 0 Å². The Morgan fingerprint density at radius 3 is 2.17 bits per heavy atom. The van der Waals surface area contributed by atoms with E-state index in [0.29, 0.717) is 12.1 Å². The normalized spacial score (nSPS) is 19.7. The van der Waals surface area contributed by atoms with Gasteiger partial charge in [0.2, 0.25) is 11.8 Å². The van der Waals surface area contributed by atoms with Crippen LogP contribution >= 0.6 is 43.6 Å². The Balaban J connectivity index is 1.39. The van der Waals surface area contributed by atoms with Crippen LogP contribution in [0.25, 0.3) is 0 Å². The summed E-state index contributed by atoms with van der Waals surface area (Å²) in [7, 11) is 0. The number of nitrogens with zero attached hydrogens (tertiary/aromatic N) is 3. The number of benzene rings is 3. The van der Waals surface area contributed by atoms with E-state index in [9.17, 15) is 9.59 Å². The van der Waals surface area contributed by atoms with E-state index in [0.717, 1.165) is 37.5 Å². The quantitative estimate of drug-likeness (QED) is 0.200. The van der Waals surface area contributed by atoms with Gasteiger partial charge in [-0.2, -0.15) is 5.10 Å². The van der Waals surface area contributed by atoms with Gasteiger partial charge in [-0.3, -0.25) is 15.0 Å². The van der Waals surface area contributed by atoms with Gasteiger partial charge < -0.3 is 0 Å². The van der Waals surface area contributed by atoms with Crippen LogP contribution in [0.15, 0.2) is 86.8 Å². The number of thioether (sulfide) groups is 1. The van der Waals surface area contributed by atoms with Crippen molar-refractivity contribution in [2.24, 2.45) is 5.10 Å². The molecule has 2 aliphatic rings. The molecule has 0 aromatic heterocycles. The number of amidine groups is 1. The largest absolute Gasteiger partial charge is 0.277 e. The number of imide groups is 1. The van der Waals surface area contributed by atoms with Gasteiger partial charge >= 0.3 is 0 Å². The van der Waals surface area contributed by atoms with E-state index < -0.39 is 5.25 Å². The molecule has 0 aliphatic carbocycles. The third-order valence-corrected chi connectivity index (χ3v) is 8.32. The molecule has 3 aromatic carbocycles. The topological polar surface area (TPSA) is 76.8 Å². The third kappa shape index (κ3) is 5.05. The summed E-state index contributed by atoms with van der Waals surface area (Å²) in [6.45, 7) is 2.04. The molecule has 0 saturated carbocycles. The molecule has 1 N–H and O–H groups in total. The number of carbonyl (C=O) groups excluding carboxylic acids is 2. The molecule has 1 fully saturated rings. The lowest BCUT2D eigenvalue weighted by molar-refractivity contribution is -0.121. The van der Waals surface area contributed by atoms with Crippen molar-refractivity contribution in [2.45, 2.75) is 31.1 Å². The van der Waals surface area contributed by atoms with Gasteiger partial charge in [0.05, 0.1) is 17.4 Å². The SMILES string of the molecule is Cc1ccc(C2=NN(C(=N)S[C@H]3CC(=O)N(c4ccc(Br)cc4)C3=O)[C@H](c3ccc(Br)cc3)C2)cc1. The molecule has 5 rings (SSSR count). The number of hydrazone groups is 1. The molecule has 0 spiro atoms. The molecule has 2 aliphatic heterocycles. The van der Waals surface area contributed by atoms with Gasteiger partial charge in [0.1, 0.15) is 5.25 Å². The van der Waals surface area contributed by atoms with Crippen molar-refractivity contribution < 1.29 is 9.59 Å². The number of amides is 2. The third-order valence-electron chi connectivity index (χ3n) is 6.20. The zero-order valence-electron chi connectivity index (χ0n) is 19.3. The van der Waals surface area contributed by atoms with Gasteiger partial charge in [0.15, 0.2) is 5.17 Å². The summed E-state index contributed by atoms with van der Waals surface area (Å²) in [5.41, 5.74) is 4.63. The molecule has 3 aromatic rings. The van der Waals surface area contributed by atoms with Gasteiger partial charge in [-0.05, 0) is 54.4 Å².